The summed E-state index contributed by atoms with van der Waals surface area (Å²) in [6.07, 6.45) is -1.57. The molecule has 5 nitrogen and oxygen atoms in total. The Morgan fingerprint density at radius 2 is 2.16 bits per heavy atom. The summed E-state index contributed by atoms with van der Waals surface area (Å²) in [7, 11) is 0. The van der Waals surface area contributed by atoms with Crippen LogP contribution in [-0.2, 0) is 4.79 Å². The summed E-state index contributed by atoms with van der Waals surface area (Å²) in [5.74, 6) is -0.310. The third-order valence-corrected chi connectivity index (χ3v) is 5.24. The van der Waals surface area contributed by atoms with Gasteiger partial charge in [-0.1, -0.05) is 6.07 Å². The molecule has 0 saturated carbocycles. The maximum atomic E-state index is 13.0. The molecule has 0 bridgehead atoms. The van der Waals surface area contributed by atoms with Gasteiger partial charge in [0.2, 0.25) is 5.91 Å². The normalized spacial score (nSPS) is 21.4. The zero-order valence-electron chi connectivity index (χ0n) is 13.2. The van der Waals surface area contributed by atoms with Gasteiger partial charge >= 0.3 is 6.29 Å². The number of benzene rings is 1. The van der Waals surface area contributed by atoms with Crippen LogP contribution < -0.4 is 14.8 Å². The molecule has 1 saturated heterocycles. The number of halogens is 2. The van der Waals surface area contributed by atoms with Gasteiger partial charge < -0.3 is 14.8 Å². The van der Waals surface area contributed by atoms with Crippen LogP contribution in [-0.4, -0.2) is 30.2 Å². The van der Waals surface area contributed by atoms with Crippen molar-refractivity contribution in [2.45, 2.75) is 25.2 Å². The summed E-state index contributed by atoms with van der Waals surface area (Å²) < 4.78 is 34.8. The molecular weight excluding hydrogens is 350 g/mol. The molecule has 1 unspecified atom stereocenters. The Hall–Kier alpha value is -2.19. The van der Waals surface area contributed by atoms with E-state index in [2.05, 4.69) is 25.8 Å². The van der Waals surface area contributed by atoms with Gasteiger partial charge in [-0.05, 0) is 43.0 Å². The maximum Gasteiger partial charge on any atom is 0.586 e. The van der Waals surface area contributed by atoms with E-state index in [1.165, 1.54) is 23.1 Å². The lowest BCUT2D eigenvalue weighted by Gasteiger charge is -2.22. The van der Waals surface area contributed by atoms with E-state index >= 15 is 0 Å². The molecule has 1 fully saturated rings. The topological polar surface area (TPSA) is 50.8 Å². The van der Waals surface area contributed by atoms with E-state index in [-0.39, 0.29) is 30.0 Å². The highest BCUT2D eigenvalue weighted by Gasteiger charge is 2.43. The molecule has 0 radical (unpaired) electrons. The number of thiophene rings is 1. The molecule has 132 valence electrons. The average Bonchev–Trinajstić information content (AvgIpc) is 3.24. The Kier molecular flexibility index (Phi) is 4.09. The molecule has 0 spiro atoms. The Morgan fingerprint density at radius 3 is 2.96 bits per heavy atom. The Balaban J connectivity index is 1.40. The van der Waals surface area contributed by atoms with Crippen molar-refractivity contribution in [2.24, 2.45) is 0 Å². The van der Waals surface area contributed by atoms with Crippen molar-refractivity contribution in [1.29, 1.82) is 0 Å². The van der Waals surface area contributed by atoms with E-state index in [1.54, 1.807) is 11.3 Å². The van der Waals surface area contributed by atoms with Gasteiger partial charge in [0, 0.05) is 22.7 Å². The summed E-state index contributed by atoms with van der Waals surface area (Å²) >= 11 is 1.69. The summed E-state index contributed by atoms with van der Waals surface area (Å²) in [6, 6.07) is 8.58. The van der Waals surface area contributed by atoms with Crippen molar-refractivity contribution < 1.29 is 23.0 Å². The molecule has 2 aromatic rings. The fourth-order valence-corrected chi connectivity index (χ4v) is 4.13. The number of anilines is 1. The number of hydrogen-bond acceptors (Lipinski definition) is 5. The number of ether oxygens (including phenoxy) is 2. The number of carbonyl (C=O) groups excluding carboxylic acids is 1. The quantitative estimate of drug-likeness (QED) is 0.893. The summed E-state index contributed by atoms with van der Waals surface area (Å²) in [5, 5.41) is 4.77. The van der Waals surface area contributed by atoms with Gasteiger partial charge in [-0.3, -0.25) is 9.69 Å². The molecule has 3 heterocycles. The van der Waals surface area contributed by atoms with Crippen LogP contribution in [0.4, 0.5) is 14.5 Å². The number of rotatable bonds is 4. The van der Waals surface area contributed by atoms with E-state index in [9.17, 15) is 13.6 Å². The van der Waals surface area contributed by atoms with Crippen LogP contribution in [0, 0.1) is 0 Å². The Bertz CT molecular complexity index is 782. The lowest BCUT2D eigenvalue weighted by atomic mass is 10.2. The first-order chi connectivity index (χ1) is 12.0. The van der Waals surface area contributed by atoms with E-state index in [0.717, 1.165) is 19.4 Å². The second-order valence-electron chi connectivity index (χ2n) is 6.02. The number of amides is 1. The zero-order valence-corrected chi connectivity index (χ0v) is 14.0. The number of likely N-dealkylation sites (tertiary alicyclic amines) is 1. The van der Waals surface area contributed by atoms with Crippen molar-refractivity contribution in [3.05, 3.63) is 40.6 Å². The lowest BCUT2D eigenvalue weighted by Crippen LogP contribution is -2.32. The fraction of sp³-hybridized carbons (Fsp3) is 0.353. The monoisotopic (exact) mass is 366 g/mol. The number of nitrogens with zero attached hydrogens (tertiary/aromatic N) is 1. The Labute approximate surface area is 147 Å². The number of alkyl halides is 2. The molecule has 1 N–H and O–H groups in total. The van der Waals surface area contributed by atoms with Gasteiger partial charge in [0.15, 0.2) is 11.5 Å². The average molecular weight is 366 g/mol. The smallest absolute Gasteiger partial charge is 0.395 e. The molecule has 1 aromatic heterocycles. The molecule has 2 aliphatic rings. The maximum absolute atomic E-state index is 13.0. The minimum atomic E-state index is -3.66. The predicted octanol–water partition coefficient (Wildman–Crippen LogP) is 3.85. The van der Waals surface area contributed by atoms with Crippen molar-refractivity contribution in [3.63, 3.8) is 0 Å². The van der Waals surface area contributed by atoms with Crippen LogP contribution in [0.2, 0.25) is 0 Å². The van der Waals surface area contributed by atoms with Gasteiger partial charge in [0.1, 0.15) is 0 Å². The minimum Gasteiger partial charge on any atom is -0.395 e. The van der Waals surface area contributed by atoms with E-state index < -0.39 is 6.29 Å². The SMILES string of the molecule is O=C(CN1CCCC1c1cccs1)Nc1ccc2c(c1)OC(F)(F)O2. The van der Waals surface area contributed by atoms with Crippen molar-refractivity contribution >= 4 is 22.9 Å². The standard InChI is InChI=1S/C17H16F2N2O3S/c18-17(19)23-13-6-5-11(9-14(13)24-17)20-16(22)10-21-7-1-3-12(21)15-4-2-8-25-15/h2,4-6,8-9,12H,1,3,7,10H2,(H,20,22). The highest BCUT2D eigenvalue weighted by Crippen LogP contribution is 2.42. The van der Waals surface area contributed by atoms with Crippen LogP contribution in [0.15, 0.2) is 35.7 Å². The lowest BCUT2D eigenvalue weighted by molar-refractivity contribution is -0.286. The molecule has 8 heteroatoms. The van der Waals surface area contributed by atoms with Crippen LogP contribution in [0.3, 0.4) is 0 Å². The molecule has 2 aliphatic heterocycles. The molecule has 4 rings (SSSR count). The van der Waals surface area contributed by atoms with Gasteiger partial charge in [-0.2, -0.15) is 0 Å². The van der Waals surface area contributed by atoms with Crippen LogP contribution in [0.25, 0.3) is 0 Å². The highest BCUT2D eigenvalue weighted by atomic mass is 32.1. The van der Waals surface area contributed by atoms with Gasteiger partial charge in [0.25, 0.3) is 0 Å². The summed E-state index contributed by atoms with van der Waals surface area (Å²) in [6.45, 7) is 1.12. The number of nitrogens with one attached hydrogen (secondary N) is 1. The first-order valence-corrected chi connectivity index (χ1v) is 8.85. The van der Waals surface area contributed by atoms with Crippen LogP contribution in [0.5, 0.6) is 11.5 Å². The number of carbonyl (C=O) groups is 1. The summed E-state index contributed by atoms with van der Waals surface area (Å²) in [4.78, 5) is 15.7. The van der Waals surface area contributed by atoms with E-state index in [0.29, 0.717) is 5.69 Å². The molecule has 25 heavy (non-hydrogen) atoms. The number of fused-ring (bicyclic) bond motifs is 1. The molecule has 1 atom stereocenters. The first kappa shape index (κ1) is 16.3. The van der Waals surface area contributed by atoms with Gasteiger partial charge in [0.05, 0.1) is 6.54 Å². The van der Waals surface area contributed by atoms with Gasteiger partial charge in [-0.25, -0.2) is 0 Å². The van der Waals surface area contributed by atoms with E-state index in [1.807, 2.05) is 11.4 Å². The number of hydrogen-bond donors (Lipinski definition) is 1. The predicted molar refractivity (Wildman–Crippen MR) is 89.1 cm³/mol. The van der Waals surface area contributed by atoms with E-state index in [4.69, 9.17) is 0 Å². The fourth-order valence-electron chi connectivity index (χ4n) is 3.23. The summed E-state index contributed by atoms with van der Waals surface area (Å²) in [5.41, 5.74) is 0.400. The zero-order chi connectivity index (χ0) is 17.4. The van der Waals surface area contributed by atoms with Gasteiger partial charge in [-0.15, -0.1) is 20.1 Å². The molecule has 1 aromatic carbocycles. The minimum absolute atomic E-state index is 0.0414. The van der Waals surface area contributed by atoms with Crippen molar-refractivity contribution in [2.75, 3.05) is 18.4 Å². The van der Waals surface area contributed by atoms with Crippen molar-refractivity contribution in [3.8, 4) is 11.5 Å². The van der Waals surface area contributed by atoms with Crippen LogP contribution in [0.1, 0.15) is 23.8 Å². The van der Waals surface area contributed by atoms with Crippen molar-refractivity contribution in [1.82, 2.24) is 4.90 Å². The second-order valence-corrected chi connectivity index (χ2v) is 7.00. The second kappa shape index (κ2) is 6.27. The molecule has 1 amide bonds. The molecular formula is C17H16F2N2O3S. The highest BCUT2D eigenvalue weighted by molar-refractivity contribution is 7.10. The first-order valence-electron chi connectivity index (χ1n) is 7.97. The van der Waals surface area contributed by atoms with Crippen LogP contribution >= 0.6 is 11.3 Å². The molecule has 0 aliphatic carbocycles. The Morgan fingerprint density at radius 1 is 1.32 bits per heavy atom. The third kappa shape index (κ3) is 3.45. The largest absolute Gasteiger partial charge is 0.586 e. The third-order valence-electron chi connectivity index (χ3n) is 4.27.